The Kier molecular flexibility index (Phi) is 2.70. The number of carbonyl (C=O) groups is 2. The molecule has 1 amide bonds. The van der Waals surface area contributed by atoms with Gasteiger partial charge in [-0.05, 0) is 25.3 Å². The molecule has 0 saturated carbocycles. The summed E-state index contributed by atoms with van der Waals surface area (Å²) in [6, 6.07) is 0. The molecule has 2 aliphatic heterocycles. The summed E-state index contributed by atoms with van der Waals surface area (Å²) in [6.07, 6.45) is 7.38. The number of Topliss-reactive ketones (excluding diaryl/α,β-unsaturated/α-hetero) is 1. The number of ketones is 1. The van der Waals surface area contributed by atoms with E-state index in [-0.39, 0.29) is 17.1 Å². The van der Waals surface area contributed by atoms with Crippen LogP contribution >= 0.6 is 23.1 Å². The zero-order valence-corrected chi connectivity index (χ0v) is 14.0. The van der Waals surface area contributed by atoms with Crippen LogP contribution in [0.15, 0.2) is 22.9 Å². The fourth-order valence-corrected chi connectivity index (χ4v) is 5.80. The predicted molar refractivity (Wildman–Crippen MR) is 90.1 cm³/mol. The van der Waals surface area contributed by atoms with Crippen LogP contribution in [0.3, 0.4) is 0 Å². The smallest absolute Gasteiger partial charge is 0.258 e. The first-order valence-electron chi connectivity index (χ1n) is 7.55. The summed E-state index contributed by atoms with van der Waals surface area (Å²) in [7, 11) is 0. The number of thioether (sulfide) groups is 1. The zero-order chi connectivity index (χ0) is 15.7. The minimum absolute atomic E-state index is 0.0631. The molecule has 5 nitrogen and oxygen atoms in total. The summed E-state index contributed by atoms with van der Waals surface area (Å²) in [5.74, 6) is -0.145. The van der Waals surface area contributed by atoms with E-state index >= 15 is 0 Å². The molecule has 5 rings (SSSR count). The van der Waals surface area contributed by atoms with Crippen molar-refractivity contribution < 1.29 is 9.59 Å². The number of rotatable bonds is 2. The molecular formula is C16H13N3O2S2. The minimum Gasteiger partial charge on any atom is -0.294 e. The number of amides is 1. The second-order valence-corrected chi connectivity index (χ2v) is 7.98. The van der Waals surface area contributed by atoms with E-state index in [2.05, 4.69) is 9.38 Å². The summed E-state index contributed by atoms with van der Waals surface area (Å²) in [4.78, 5) is 32.5. The van der Waals surface area contributed by atoms with Gasteiger partial charge in [0, 0.05) is 29.1 Å². The normalized spacial score (nSPS) is 24.1. The highest BCUT2D eigenvalue weighted by Gasteiger charge is 2.48. The molecule has 3 aliphatic rings. The molecule has 2 aromatic heterocycles. The number of allylic oxidation sites excluding steroid dienone is 1. The van der Waals surface area contributed by atoms with Gasteiger partial charge in [-0.25, -0.2) is 4.98 Å². The summed E-state index contributed by atoms with van der Waals surface area (Å²) >= 11 is 3.26. The van der Waals surface area contributed by atoms with Crippen LogP contribution < -0.4 is 0 Å². The van der Waals surface area contributed by atoms with Gasteiger partial charge in [-0.1, -0.05) is 0 Å². The summed E-state index contributed by atoms with van der Waals surface area (Å²) < 4.78 is 2.17. The third-order valence-electron chi connectivity index (χ3n) is 4.54. The molecule has 0 radical (unpaired) electrons. The average molecular weight is 343 g/mol. The van der Waals surface area contributed by atoms with Crippen LogP contribution in [0.1, 0.15) is 29.6 Å². The lowest BCUT2D eigenvalue weighted by molar-refractivity contribution is -0.133. The molecule has 1 aliphatic carbocycles. The van der Waals surface area contributed by atoms with Crippen LogP contribution in [0.4, 0.5) is 0 Å². The van der Waals surface area contributed by atoms with E-state index in [0.717, 1.165) is 29.1 Å². The van der Waals surface area contributed by atoms with Crippen molar-refractivity contribution in [3.63, 3.8) is 0 Å². The maximum absolute atomic E-state index is 12.3. The van der Waals surface area contributed by atoms with Crippen molar-refractivity contribution >= 4 is 45.8 Å². The highest BCUT2D eigenvalue weighted by molar-refractivity contribution is 8.03. The first kappa shape index (κ1) is 13.6. The third kappa shape index (κ3) is 1.77. The summed E-state index contributed by atoms with van der Waals surface area (Å²) in [5, 5.41) is 1.72. The summed E-state index contributed by atoms with van der Waals surface area (Å²) in [5.41, 5.74) is 3.43. The SMILES string of the molecule is CC(=O)C1=CS[C@@H]2/C(=C\c3cn4c5c(sc4n3)CCC5)C(=O)N12. The largest absolute Gasteiger partial charge is 0.294 e. The molecule has 1 saturated heterocycles. The van der Waals surface area contributed by atoms with Crippen molar-refractivity contribution in [3.8, 4) is 0 Å². The zero-order valence-electron chi connectivity index (χ0n) is 12.4. The van der Waals surface area contributed by atoms with Crippen molar-refractivity contribution in [2.75, 3.05) is 0 Å². The van der Waals surface area contributed by atoms with Gasteiger partial charge in [-0.15, -0.1) is 23.1 Å². The van der Waals surface area contributed by atoms with Crippen LogP contribution in [-0.2, 0) is 22.4 Å². The number of aromatic nitrogens is 2. The lowest BCUT2D eigenvalue weighted by atomic mass is 10.0. The van der Waals surface area contributed by atoms with Crippen molar-refractivity contribution in [2.45, 2.75) is 31.6 Å². The maximum atomic E-state index is 12.3. The molecule has 0 aromatic carbocycles. The number of nitrogens with zero attached hydrogens (tertiary/aromatic N) is 3. The molecule has 116 valence electrons. The van der Waals surface area contributed by atoms with Gasteiger partial charge in [-0.3, -0.25) is 18.9 Å². The maximum Gasteiger partial charge on any atom is 0.258 e. The Morgan fingerprint density at radius 3 is 3.13 bits per heavy atom. The Balaban J connectivity index is 1.48. The number of aryl methyl sites for hydroxylation is 2. The van der Waals surface area contributed by atoms with Gasteiger partial charge in [0.15, 0.2) is 10.7 Å². The van der Waals surface area contributed by atoms with Crippen LogP contribution in [0.2, 0.25) is 0 Å². The molecule has 0 N–H and O–H groups in total. The summed E-state index contributed by atoms with van der Waals surface area (Å²) in [6.45, 7) is 1.49. The van der Waals surface area contributed by atoms with E-state index < -0.39 is 0 Å². The van der Waals surface area contributed by atoms with E-state index in [1.54, 1.807) is 21.6 Å². The first-order valence-corrected chi connectivity index (χ1v) is 9.31. The first-order chi connectivity index (χ1) is 11.1. The van der Waals surface area contributed by atoms with E-state index in [0.29, 0.717) is 5.70 Å². The van der Waals surface area contributed by atoms with Crippen molar-refractivity contribution in [1.29, 1.82) is 0 Å². The van der Waals surface area contributed by atoms with Gasteiger partial charge in [0.2, 0.25) is 0 Å². The lowest BCUT2D eigenvalue weighted by Gasteiger charge is -2.37. The van der Waals surface area contributed by atoms with Gasteiger partial charge >= 0.3 is 0 Å². The Morgan fingerprint density at radius 1 is 1.43 bits per heavy atom. The fourth-order valence-electron chi connectivity index (χ4n) is 3.42. The minimum atomic E-state index is -0.0805. The van der Waals surface area contributed by atoms with Crippen molar-refractivity contribution in [1.82, 2.24) is 14.3 Å². The highest BCUT2D eigenvalue weighted by atomic mass is 32.2. The number of hydrogen-bond acceptors (Lipinski definition) is 5. The van der Waals surface area contributed by atoms with E-state index in [1.807, 2.05) is 12.3 Å². The highest BCUT2D eigenvalue weighted by Crippen LogP contribution is 2.45. The quantitative estimate of drug-likeness (QED) is 0.621. The van der Waals surface area contributed by atoms with Gasteiger partial charge < -0.3 is 0 Å². The number of fused-ring (bicyclic) bond motifs is 4. The molecule has 4 heterocycles. The van der Waals surface area contributed by atoms with Gasteiger partial charge in [0.1, 0.15) is 5.37 Å². The molecule has 0 bridgehead atoms. The second kappa shape index (κ2) is 4.58. The molecule has 7 heteroatoms. The topological polar surface area (TPSA) is 54.7 Å². The molecule has 0 unspecified atom stereocenters. The fraction of sp³-hybridized carbons (Fsp3) is 0.312. The Hall–Kier alpha value is -1.86. The molecule has 1 atom stereocenters. The van der Waals surface area contributed by atoms with Crippen LogP contribution in [0.25, 0.3) is 11.0 Å². The van der Waals surface area contributed by atoms with Gasteiger partial charge in [0.05, 0.1) is 17.0 Å². The Bertz CT molecular complexity index is 950. The molecule has 23 heavy (non-hydrogen) atoms. The average Bonchev–Trinajstić information content (AvgIpc) is 3.23. The molecule has 1 fully saturated rings. The van der Waals surface area contributed by atoms with Gasteiger partial charge in [0.25, 0.3) is 5.91 Å². The number of imidazole rings is 1. The molecular weight excluding hydrogens is 330 g/mol. The van der Waals surface area contributed by atoms with Crippen LogP contribution in [-0.4, -0.2) is 31.3 Å². The van der Waals surface area contributed by atoms with Crippen LogP contribution in [0, 0.1) is 0 Å². The third-order valence-corrected chi connectivity index (χ3v) is 6.77. The number of hydrogen-bond donors (Lipinski definition) is 0. The molecule has 0 spiro atoms. The Morgan fingerprint density at radius 2 is 2.30 bits per heavy atom. The monoisotopic (exact) mass is 343 g/mol. The number of carbonyl (C=O) groups excluding carboxylic acids is 2. The van der Waals surface area contributed by atoms with Gasteiger partial charge in [-0.2, -0.15) is 0 Å². The van der Waals surface area contributed by atoms with E-state index in [4.69, 9.17) is 0 Å². The number of thiazole rings is 1. The molecule has 2 aromatic rings. The Labute approximate surface area is 140 Å². The van der Waals surface area contributed by atoms with E-state index in [1.165, 1.54) is 35.7 Å². The standard InChI is InChI=1S/C16H13N3O2S2/c1-8(20)12-7-22-15-10(14(21)19(12)15)5-9-6-18-11-3-2-4-13(11)23-16(18)17-9/h5-7,15H,2-4H2,1H3/b10-5-/t15-/m1/s1. The van der Waals surface area contributed by atoms with Crippen molar-refractivity contribution in [2.24, 2.45) is 0 Å². The lowest BCUT2D eigenvalue weighted by Crippen LogP contribution is -2.50. The second-order valence-electron chi connectivity index (χ2n) is 5.97. The van der Waals surface area contributed by atoms with Crippen LogP contribution in [0.5, 0.6) is 0 Å². The predicted octanol–water partition coefficient (Wildman–Crippen LogP) is 2.61. The van der Waals surface area contributed by atoms with Crippen molar-refractivity contribution in [3.05, 3.63) is 39.1 Å². The van der Waals surface area contributed by atoms with E-state index in [9.17, 15) is 9.59 Å². The number of β-lactam (4-membered cyclic amide) rings is 1.